The van der Waals surface area contributed by atoms with Gasteiger partial charge in [0.05, 0.1) is 12.2 Å². The fourth-order valence-electron chi connectivity index (χ4n) is 6.19. The van der Waals surface area contributed by atoms with Crippen LogP contribution in [0.3, 0.4) is 0 Å². The number of hydrogen-bond acceptors (Lipinski definition) is 1. The van der Waals surface area contributed by atoms with Crippen molar-refractivity contribution >= 4 is 0 Å². The van der Waals surface area contributed by atoms with E-state index in [9.17, 15) is 0 Å². The molecule has 1 saturated carbocycles. The first kappa shape index (κ1) is 29.3. The summed E-state index contributed by atoms with van der Waals surface area (Å²) in [4.78, 5) is 0. The van der Waals surface area contributed by atoms with Crippen LogP contribution in [0.2, 0.25) is 0 Å². The SMILES string of the molecule is CCc1cc(-c2c(F)cc(-c3ccc(C4CCC(C)CC4)cc3)cc2F)cc(CC)c1OCCC(CC)CC. The number of aryl methyl sites for hydroxylation is 2. The summed E-state index contributed by atoms with van der Waals surface area (Å²) in [5, 5.41) is 0. The fraction of sp³-hybridized carbons (Fsp3) is 0.500. The third-order valence-corrected chi connectivity index (χ3v) is 8.99. The van der Waals surface area contributed by atoms with Crippen molar-refractivity contribution in [3.8, 4) is 28.0 Å². The van der Waals surface area contributed by atoms with Crippen molar-refractivity contribution in [2.45, 2.75) is 98.3 Å². The van der Waals surface area contributed by atoms with Gasteiger partial charge in [-0.2, -0.15) is 0 Å². The van der Waals surface area contributed by atoms with Crippen molar-refractivity contribution in [3.63, 3.8) is 0 Å². The van der Waals surface area contributed by atoms with Crippen LogP contribution in [-0.2, 0) is 12.8 Å². The molecule has 210 valence electrons. The monoisotopic (exact) mass is 532 g/mol. The number of rotatable bonds is 11. The van der Waals surface area contributed by atoms with E-state index in [4.69, 9.17) is 4.74 Å². The molecule has 0 heterocycles. The Balaban J connectivity index is 1.58. The van der Waals surface area contributed by atoms with Gasteiger partial charge in [0.2, 0.25) is 0 Å². The van der Waals surface area contributed by atoms with E-state index >= 15 is 8.78 Å². The Hall–Kier alpha value is -2.68. The molecule has 0 saturated heterocycles. The molecular formula is C36H46F2O. The summed E-state index contributed by atoms with van der Waals surface area (Å²) in [7, 11) is 0. The molecule has 3 aromatic carbocycles. The molecule has 3 heteroatoms. The standard InChI is InChI=1S/C36H46F2O/c1-6-25(7-2)18-19-39-36-26(8-3)20-32(21-27(36)9-4)35-33(37)22-31(23-34(35)38)30-16-14-29(15-17-30)28-12-10-24(5)11-13-28/h14-17,20-25,28H,6-13,18-19H2,1-5H3. The first-order chi connectivity index (χ1) is 18.9. The molecule has 0 bridgehead atoms. The average molecular weight is 533 g/mol. The Labute approximate surface area is 235 Å². The van der Waals surface area contributed by atoms with Crippen LogP contribution in [0.1, 0.15) is 102 Å². The van der Waals surface area contributed by atoms with Crippen molar-refractivity contribution in [2.24, 2.45) is 11.8 Å². The lowest BCUT2D eigenvalue weighted by atomic mass is 9.79. The largest absolute Gasteiger partial charge is 0.493 e. The van der Waals surface area contributed by atoms with Crippen LogP contribution < -0.4 is 4.74 Å². The van der Waals surface area contributed by atoms with Crippen LogP contribution in [0.25, 0.3) is 22.3 Å². The molecule has 0 atom stereocenters. The van der Waals surface area contributed by atoms with Gasteiger partial charge in [0.15, 0.2) is 0 Å². The minimum atomic E-state index is -0.526. The molecule has 1 nitrogen and oxygen atoms in total. The van der Waals surface area contributed by atoms with E-state index in [1.165, 1.54) is 43.4 Å². The molecule has 0 N–H and O–H groups in total. The molecule has 0 radical (unpaired) electrons. The van der Waals surface area contributed by atoms with Crippen molar-refractivity contribution < 1.29 is 13.5 Å². The molecule has 0 amide bonds. The van der Waals surface area contributed by atoms with Gasteiger partial charge in [-0.05, 0) is 108 Å². The summed E-state index contributed by atoms with van der Waals surface area (Å²) < 4.78 is 37.4. The van der Waals surface area contributed by atoms with Crippen LogP contribution in [0.15, 0.2) is 48.5 Å². The van der Waals surface area contributed by atoms with Crippen molar-refractivity contribution in [2.75, 3.05) is 6.61 Å². The quantitative estimate of drug-likeness (QED) is 0.239. The van der Waals surface area contributed by atoms with Crippen molar-refractivity contribution in [1.29, 1.82) is 0 Å². The van der Waals surface area contributed by atoms with Crippen LogP contribution in [0.5, 0.6) is 5.75 Å². The Kier molecular flexibility index (Phi) is 10.2. The summed E-state index contributed by atoms with van der Waals surface area (Å²) in [5.74, 6) is 1.91. The second kappa shape index (κ2) is 13.6. The zero-order valence-electron chi connectivity index (χ0n) is 24.6. The second-order valence-corrected chi connectivity index (χ2v) is 11.5. The zero-order chi connectivity index (χ0) is 27.9. The smallest absolute Gasteiger partial charge is 0.134 e. The summed E-state index contributed by atoms with van der Waals surface area (Å²) in [6.07, 6.45) is 9.80. The van der Waals surface area contributed by atoms with Crippen LogP contribution in [0.4, 0.5) is 8.78 Å². The molecule has 0 aliphatic heterocycles. The molecule has 3 aromatic rings. The van der Waals surface area contributed by atoms with Gasteiger partial charge in [0.25, 0.3) is 0 Å². The minimum Gasteiger partial charge on any atom is -0.493 e. The van der Waals surface area contributed by atoms with Gasteiger partial charge < -0.3 is 4.74 Å². The maximum atomic E-state index is 15.6. The molecule has 4 rings (SSSR count). The lowest BCUT2D eigenvalue weighted by molar-refractivity contribution is 0.268. The Morgan fingerprint density at radius 2 is 1.31 bits per heavy atom. The third kappa shape index (κ3) is 6.91. The van der Waals surface area contributed by atoms with Crippen LogP contribution in [0, 0.1) is 23.5 Å². The predicted molar refractivity (Wildman–Crippen MR) is 161 cm³/mol. The van der Waals surface area contributed by atoms with Gasteiger partial charge in [-0.1, -0.05) is 84.6 Å². The zero-order valence-corrected chi connectivity index (χ0v) is 24.6. The third-order valence-electron chi connectivity index (χ3n) is 8.99. The van der Waals surface area contributed by atoms with E-state index in [1.807, 2.05) is 24.3 Å². The number of hydrogen-bond donors (Lipinski definition) is 0. The van der Waals surface area contributed by atoms with Gasteiger partial charge in [-0.25, -0.2) is 8.78 Å². The highest BCUT2D eigenvalue weighted by Crippen LogP contribution is 2.38. The Bertz CT molecular complexity index is 1170. The summed E-state index contributed by atoms with van der Waals surface area (Å²) in [6.45, 7) is 11.6. The maximum absolute atomic E-state index is 15.6. The fourth-order valence-corrected chi connectivity index (χ4v) is 6.19. The van der Waals surface area contributed by atoms with E-state index in [-0.39, 0.29) is 5.56 Å². The van der Waals surface area contributed by atoms with Gasteiger partial charge >= 0.3 is 0 Å². The van der Waals surface area contributed by atoms with E-state index < -0.39 is 11.6 Å². The highest BCUT2D eigenvalue weighted by Gasteiger charge is 2.21. The molecule has 1 aliphatic rings. The minimum absolute atomic E-state index is 0.0414. The number of halogens is 2. The van der Waals surface area contributed by atoms with Gasteiger partial charge in [0.1, 0.15) is 17.4 Å². The molecule has 0 spiro atoms. The molecule has 0 unspecified atom stereocenters. The number of ether oxygens (including phenoxy) is 1. The molecule has 1 aliphatic carbocycles. The summed E-state index contributed by atoms with van der Waals surface area (Å²) in [5.41, 5.74) is 5.39. The summed E-state index contributed by atoms with van der Waals surface area (Å²) >= 11 is 0. The summed E-state index contributed by atoms with van der Waals surface area (Å²) in [6, 6.07) is 15.1. The molecular weight excluding hydrogens is 486 g/mol. The highest BCUT2D eigenvalue weighted by molar-refractivity contribution is 5.73. The van der Waals surface area contributed by atoms with Crippen molar-refractivity contribution in [1.82, 2.24) is 0 Å². The highest BCUT2D eigenvalue weighted by atomic mass is 19.1. The Morgan fingerprint density at radius 1 is 0.744 bits per heavy atom. The lowest BCUT2D eigenvalue weighted by Gasteiger charge is -2.26. The first-order valence-electron chi connectivity index (χ1n) is 15.3. The van der Waals surface area contributed by atoms with E-state index in [2.05, 4.69) is 46.8 Å². The molecule has 0 aromatic heterocycles. The van der Waals surface area contributed by atoms with E-state index in [1.54, 1.807) is 0 Å². The van der Waals surface area contributed by atoms with Crippen LogP contribution in [-0.4, -0.2) is 6.61 Å². The van der Waals surface area contributed by atoms with E-state index in [0.29, 0.717) is 29.6 Å². The Morgan fingerprint density at radius 3 is 1.82 bits per heavy atom. The lowest BCUT2D eigenvalue weighted by Crippen LogP contribution is -2.10. The van der Waals surface area contributed by atoms with Gasteiger partial charge in [-0.15, -0.1) is 0 Å². The van der Waals surface area contributed by atoms with Gasteiger partial charge in [0, 0.05) is 0 Å². The second-order valence-electron chi connectivity index (χ2n) is 11.5. The van der Waals surface area contributed by atoms with E-state index in [0.717, 1.165) is 60.5 Å². The number of benzene rings is 3. The molecule has 39 heavy (non-hydrogen) atoms. The topological polar surface area (TPSA) is 9.23 Å². The normalized spacial score (nSPS) is 17.5. The maximum Gasteiger partial charge on any atom is 0.134 e. The van der Waals surface area contributed by atoms with Crippen molar-refractivity contribution in [3.05, 3.63) is 76.9 Å². The predicted octanol–water partition coefficient (Wildman–Crippen LogP) is 10.9. The van der Waals surface area contributed by atoms with Crippen LogP contribution >= 0.6 is 0 Å². The van der Waals surface area contributed by atoms with Gasteiger partial charge in [-0.3, -0.25) is 0 Å². The molecule has 1 fully saturated rings. The first-order valence-corrected chi connectivity index (χ1v) is 15.3. The average Bonchev–Trinajstić information content (AvgIpc) is 2.95.